The van der Waals surface area contributed by atoms with Crippen LogP contribution in [-0.4, -0.2) is 28.9 Å². The van der Waals surface area contributed by atoms with Crippen LogP contribution in [0.25, 0.3) is 0 Å². The van der Waals surface area contributed by atoms with Gasteiger partial charge in [-0.25, -0.2) is 0 Å². The van der Waals surface area contributed by atoms with Crippen molar-refractivity contribution in [3.05, 3.63) is 70.8 Å². The molecular formula is C18H17NO3. The van der Waals surface area contributed by atoms with Gasteiger partial charge in [-0.05, 0) is 24.1 Å². The summed E-state index contributed by atoms with van der Waals surface area (Å²) in [6, 6.07) is 14.1. The number of hydrogen-bond donors (Lipinski definition) is 1. The van der Waals surface area contributed by atoms with Gasteiger partial charge in [0.2, 0.25) is 0 Å². The molecule has 0 bridgehead atoms. The third-order valence-corrected chi connectivity index (χ3v) is 4.26. The summed E-state index contributed by atoms with van der Waals surface area (Å²) < 4.78 is 0. The molecule has 0 spiro atoms. The zero-order chi connectivity index (χ0) is 15.9. The first-order valence-corrected chi connectivity index (χ1v) is 7.16. The number of amides is 1. The minimum atomic E-state index is -0.919. The van der Waals surface area contributed by atoms with Crippen LogP contribution in [0.2, 0.25) is 0 Å². The van der Waals surface area contributed by atoms with Gasteiger partial charge in [-0.2, -0.15) is 0 Å². The number of benzene rings is 2. The normalized spacial score (nSPS) is 20.6. The second kappa shape index (κ2) is 5.30. The van der Waals surface area contributed by atoms with Crippen molar-refractivity contribution in [2.24, 2.45) is 0 Å². The van der Waals surface area contributed by atoms with E-state index in [1.165, 1.54) is 4.90 Å². The predicted octanol–water partition coefficient (Wildman–Crippen LogP) is 2.99. The molecule has 2 atom stereocenters. The van der Waals surface area contributed by atoms with Crippen LogP contribution in [0, 0.1) is 6.92 Å². The van der Waals surface area contributed by atoms with Crippen molar-refractivity contribution in [2.45, 2.75) is 18.9 Å². The number of rotatable bonds is 2. The van der Waals surface area contributed by atoms with E-state index in [9.17, 15) is 14.7 Å². The summed E-state index contributed by atoms with van der Waals surface area (Å²) in [7, 11) is 1.67. The van der Waals surface area contributed by atoms with Crippen molar-refractivity contribution >= 4 is 11.9 Å². The van der Waals surface area contributed by atoms with E-state index >= 15 is 0 Å². The molecule has 1 amide bonds. The average Bonchev–Trinajstić information content (AvgIpc) is 2.51. The number of carboxylic acids is 1. The molecule has 3 rings (SSSR count). The van der Waals surface area contributed by atoms with E-state index in [0.29, 0.717) is 11.1 Å². The number of nitrogens with zero attached hydrogens (tertiary/aromatic N) is 1. The summed E-state index contributed by atoms with van der Waals surface area (Å²) in [5.74, 6) is -1.82. The Hall–Kier alpha value is -2.62. The minimum Gasteiger partial charge on any atom is -0.481 e. The van der Waals surface area contributed by atoms with E-state index in [-0.39, 0.29) is 5.91 Å². The number of carboxylic acid groups (broad SMARTS) is 1. The van der Waals surface area contributed by atoms with Gasteiger partial charge in [-0.1, -0.05) is 48.0 Å². The number of likely N-dealkylation sites (N-methyl/N-ethyl adjacent to an activating group) is 1. The van der Waals surface area contributed by atoms with Crippen molar-refractivity contribution in [1.82, 2.24) is 4.90 Å². The molecule has 1 N–H and O–H groups in total. The first kappa shape index (κ1) is 14.3. The molecule has 1 heterocycles. The quantitative estimate of drug-likeness (QED) is 0.926. The molecule has 0 saturated carbocycles. The van der Waals surface area contributed by atoms with E-state index in [1.807, 2.05) is 31.2 Å². The first-order chi connectivity index (χ1) is 10.5. The summed E-state index contributed by atoms with van der Waals surface area (Å²) in [5, 5.41) is 9.74. The van der Waals surface area contributed by atoms with Crippen LogP contribution in [-0.2, 0) is 4.79 Å². The summed E-state index contributed by atoms with van der Waals surface area (Å²) in [6.07, 6.45) is 0. The SMILES string of the molecule is Cc1ccc(C2C(C(=O)O)c3ccccc3C(=O)N2C)cc1. The average molecular weight is 295 g/mol. The van der Waals surface area contributed by atoms with Gasteiger partial charge in [-0.15, -0.1) is 0 Å². The third kappa shape index (κ3) is 2.17. The second-order valence-corrected chi connectivity index (χ2v) is 5.67. The van der Waals surface area contributed by atoms with Crippen LogP contribution in [0.3, 0.4) is 0 Å². The molecule has 0 aliphatic carbocycles. The molecule has 0 radical (unpaired) electrons. The summed E-state index contributed by atoms with van der Waals surface area (Å²) >= 11 is 0. The van der Waals surface area contributed by atoms with Crippen LogP contribution in [0.1, 0.15) is 39.0 Å². The summed E-state index contributed by atoms with van der Waals surface area (Å²) in [6.45, 7) is 1.98. The molecule has 112 valence electrons. The lowest BCUT2D eigenvalue weighted by atomic mass is 9.80. The number of carbonyl (C=O) groups excluding carboxylic acids is 1. The zero-order valence-corrected chi connectivity index (χ0v) is 12.5. The fraction of sp³-hybridized carbons (Fsp3) is 0.222. The van der Waals surface area contributed by atoms with Gasteiger partial charge in [0.05, 0.1) is 6.04 Å². The van der Waals surface area contributed by atoms with Crippen molar-refractivity contribution in [3.8, 4) is 0 Å². The monoisotopic (exact) mass is 295 g/mol. The Labute approximate surface area is 129 Å². The standard InChI is InChI=1S/C18H17NO3/c1-11-7-9-12(10-8-11)16-15(18(21)22)13-5-3-4-6-14(13)17(20)19(16)2/h3-10,15-16H,1-2H3,(H,21,22). The maximum Gasteiger partial charge on any atom is 0.313 e. The minimum absolute atomic E-state index is 0.140. The van der Waals surface area contributed by atoms with Gasteiger partial charge in [0.25, 0.3) is 5.91 Å². The number of aliphatic carboxylic acids is 1. The largest absolute Gasteiger partial charge is 0.481 e. The Morgan fingerprint density at radius 3 is 2.36 bits per heavy atom. The molecular weight excluding hydrogens is 278 g/mol. The molecule has 1 aliphatic heterocycles. The maximum absolute atomic E-state index is 12.6. The summed E-state index contributed by atoms with van der Waals surface area (Å²) in [5.41, 5.74) is 2.99. The van der Waals surface area contributed by atoms with Gasteiger partial charge >= 0.3 is 5.97 Å². The Bertz CT molecular complexity index is 736. The van der Waals surface area contributed by atoms with Crippen LogP contribution in [0.5, 0.6) is 0 Å². The first-order valence-electron chi connectivity index (χ1n) is 7.16. The Balaban J connectivity index is 2.18. The van der Waals surface area contributed by atoms with Crippen LogP contribution in [0.4, 0.5) is 0 Å². The second-order valence-electron chi connectivity index (χ2n) is 5.67. The highest BCUT2D eigenvalue weighted by Crippen LogP contribution is 2.41. The fourth-order valence-corrected chi connectivity index (χ4v) is 3.12. The van der Waals surface area contributed by atoms with E-state index in [1.54, 1.807) is 31.3 Å². The van der Waals surface area contributed by atoms with E-state index in [4.69, 9.17) is 0 Å². The smallest absolute Gasteiger partial charge is 0.313 e. The molecule has 1 aliphatic rings. The van der Waals surface area contributed by atoms with E-state index in [0.717, 1.165) is 11.1 Å². The number of hydrogen-bond acceptors (Lipinski definition) is 2. The van der Waals surface area contributed by atoms with Crippen LogP contribution in [0.15, 0.2) is 48.5 Å². The van der Waals surface area contributed by atoms with Crippen molar-refractivity contribution in [3.63, 3.8) is 0 Å². The molecule has 0 aromatic heterocycles. The maximum atomic E-state index is 12.6. The predicted molar refractivity (Wildman–Crippen MR) is 82.8 cm³/mol. The Kier molecular flexibility index (Phi) is 3.45. The number of fused-ring (bicyclic) bond motifs is 1. The molecule has 22 heavy (non-hydrogen) atoms. The highest BCUT2D eigenvalue weighted by atomic mass is 16.4. The van der Waals surface area contributed by atoms with Gasteiger partial charge in [0.1, 0.15) is 5.92 Å². The molecule has 2 unspecified atom stereocenters. The Morgan fingerprint density at radius 2 is 1.73 bits per heavy atom. The molecule has 0 fully saturated rings. The topological polar surface area (TPSA) is 57.6 Å². The van der Waals surface area contributed by atoms with Gasteiger partial charge in [-0.3, -0.25) is 9.59 Å². The molecule has 0 saturated heterocycles. The van der Waals surface area contributed by atoms with Crippen molar-refractivity contribution in [1.29, 1.82) is 0 Å². The van der Waals surface area contributed by atoms with Gasteiger partial charge in [0.15, 0.2) is 0 Å². The number of aryl methyl sites for hydroxylation is 1. The van der Waals surface area contributed by atoms with Gasteiger partial charge < -0.3 is 10.0 Å². The van der Waals surface area contributed by atoms with Crippen LogP contribution >= 0.6 is 0 Å². The molecule has 2 aromatic rings. The zero-order valence-electron chi connectivity index (χ0n) is 12.5. The third-order valence-electron chi connectivity index (χ3n) is 4.26. The number of carbonyl (C=O) groups is 2. The Morgan fingerprint density at radius 1 is 1.09 bits per heavy atom. The molecule has 2 aromatic carbocycles. The molecule has 4 heteroatoms. The van der Waals surface area contributed by atoms with Crippen molar-refractivity contribution < 1.29 is 14.7 Å². The van der Waals surface area contributed by atoms with E-state index < -0.39 is 17.9 Å². The van der Waals surface area contributed by atoms with Gasteiger partial charge in [0, 0.05) is 12.6 Å². The van der Waals surface area contributed by atoms with E-state index in [2.05, 4.69) is 0 Å². The summed E-state index contributed by atoms with van der Waals surface area (Å²) in [4.78, 5) is 26.0. The lowest BCUT2D eigenvalue weighted by Gasteiger charge is -2.38. The lowest BCUT2D eigenvalue weighted by molar-refractivity contribution is -0.140. The lowest BCUT2D eigenvalue weighted by Crippen LogP contribution is -2.42. The molecule has 4 nitrogen and oxygen atoms in total. The van der Waals surface area contributed by atoms with Crippen LogP contribution < -0.4 is 0 Å². The highest BCUT2D eigenvalue weighted by molar-refractivity contribution is 6.00. The van der Waals surface area contributed by atoms with Crippen molar-refractivity contribution in [2.75, 3.05) is 7.05 Å². The highest BCUT2D eigenvalue weighted by Gasteiger charge is 2.42. The fourth-order valence-electron chi connectivity index (χ4n) is 3.12.